The van der Waals surface area contributed by atoms with Crippen LogP contribution in [0.25, 0.3) is 0 Å². The van der Waals surface area contributed by atoms with E-state index in [1.807, 2.05) is 6.92 Å². The van der Waals surface area contributed by atoms with Gasteiger partial charge in [0.25, 0.3) is 5.91 Å². The number of sulfonamides is 1. The molecule has 0 aliphatic carbocycles. The normalized spacial score (nSPS) is 12.2. The van der Waals surface area contributed by atoms with Gasteiger partial charge in [0.1, 0.15) is 6.04 Å². The van der Waals surface area contributed by atoms with E-state index >= 15 is 0 Å². The van der Waals surface area contributed by atoms with Crippen molar-refractivity contribution in [3.05, 3.63) is 58.6 Å². The van der Waals surface area contributed by atoms with Crippen LogP contribution < -0.4 is 14.9 Å². The number of para-hydroxylation sites is 1. The first-order valence-corrected chi connectivity index (χ1v) is 12.2. The highest BCUT2D eigenvalue weighted by atomic mass is 35.5. The molecule has 0 radical (unpaired) electrons. The van der Waals surface area contributed by atoms with E-state index in [9.17, 15) is 18.0 Å². The van der Waals surface area contributed by atoms with Crippen LogP contribution in [0.3, 0.4) is 0 Å². The lowest BCUT2D eigenvalue weighted by Gasteiger charge is -2.29. The highest BCUT2D eigenvalue weighted by Gasteiger charge is 2.31. The second-order valence-corrected chi connectivity index (χ2v) is 9.61. The highest BCUT2D eigenvalue weighted by molar-refractivity contribution is 7.92. The average Bonchev–Trinajstić information content (AvgIpc) is 2.70. The number of nitrogens with one attached hydrogen (secondary N) is 2. The van der Waals surface area contributed by atoms with Gasteiger partial charge in [-0.25, -0.2) is 8.42 Å². The van der Waals surface area contributed by atoms with Gasteiger partial charge in [0.2, 0.25) is 15.9 Å². The summed E-state index contributed by atoms with van der Waals surface area (Å²) in [5, 5.41) is 5.87. The third-order valence-electron chi connectivity index (χ3n) is 4.74. The number of hydrogen-bond acceptors (Lipinski definition) is 4. The Bertz CT molecular complexity index is 1060. The monoisotopic (exact) mass is 465 g/mol. The number of aryl methyl sites for hydroxylation is 1. The van der Waals surface area contributed by atoms with Crippen molar-refractivity contribution in [1.82, 2.24) is 5.32 Å². The summed E-state index contributed by atoms with van der Waals surface area (Å²) in [6, 6.07) is 10.4. The van der Waals surface area contributed by atoms with E-state index in [2.05, 4.69) is 10.6 Å². The molecule has 0 aromatic heterocycles. The Morgan fingerprint density at radius 1 is 1.16 bits per heavy atom. The van der Waals surface area contributed by atoms with E-state index in [4.69, 9.17) is 11.6 Å². The molecule has 0 heterocycles. The summed E-state index contributed by atoms with van der Waals surface area (Å²) >= 11 is 6.07. The van der Waals surface area contributed by atoms with E-state index in [0.717, 1.165) is 23.4 Å². The van der Waals surface area contributed by atoms with Crippen molar-refractivity contribution < 1.29 is 18.0 Å². The maximum Gasteiger partial charge on any atom is 0.253 e. The van der Waals surface area contributed by atoms with Gasteiger partial charge in [-0.05, 0) is 50.1 Å². The van der Waals surface area contributed by atoms with E-state index in [-0.39, 0.29) is 5.91 Å². The summed E-state index contributed by atoms with van der Waals surface area (Å²) in [5.74, 6) is -0.874. The van der Waals surface area contributed by atoms with Gasteiger partial charge in [-0.15, -0.1) is 0 Å². The Balaban J connectivity index is 2.32. The molecule has 0 aliphatic rings. The molecule has 1 atom stereocenters. The molecule has 7 nitrogen and oxygen atoms in total. The van der Waals surface area contributed by atoms with Gasteiger partial charge in [-0.1, -0.05) is 43.1 Å². The minimum absolute atomic E-state index is 0.303. The number of rotatable bonds is 9. The number of hydrogen-bond donors (Lipinski definition) is 2. The Morgan fingerprint density at radius 3 is 2.48 bits per heavy atom. The van der Waals surface area contributed by atoms with Crippen LogP contribution in [0.4, 0.5) is 11.4 Å². The lowest BCUT2D eigenvalue weighted by molar-refractivity contribution is -0.116. The molecule has 31 heavy (non-hydrogen) atoms. The molecule has 0 saturated heterocycles. The number of unbranched alkanes of at least 4 members (excludes halogenated alkanes) is 1. The number of anilines is 2. The van der Waals surface area contributed by atoms with Crippen molar-refractivity contribution in [1.29, 1.82) is 0 Å². The van der Waals surface area contributed by atoms with Crippen molar-refractivity contribution in [2.24, 2.45) is 0 Å². The van der Waals surface area contributed by atoms with E-state index in [1.54, 1.807) is 43.3 Å². The van der Waals surface area contributed by atoms with Gasteiger partial charge in [0, 0.05) is 11.6 Å². The van der Waals surface area contributed by atoms with Crippen LogP contribution in [0.1, 0.15) is 42.6 Å². The summed E-state index contributed by atoms with van der Waals surface area (Å²) in [5.41, 5.74) is 1.60. The topological polar surface area (TPSA) is 95.6 Å². The van der Waals surface area contributed by atoms with Crippen molar-refractivity contribution in [3.8, 4) is 0 Å². The van der Waals surface area contributed by atoms with Crippen LogP contribution in [0.5, 0.6) is 0 Å². The standard InChI is InChI=1S/C22H28ClN3O4S/c1-5-6-13-24-22(28)18-9-7-8-10-19(18)25-21(27)16(3)26(31(4,29)30)20-14-17(23)12-11-15(20)2/h7-12,14,16H,5-6,13H2,1-4H3,(H,24,28)(H,25,27)/t16-/m1/s1. The molecule has 2 rings (SSSR count). The maximum atomic E-state index is 13.0. The van der Waals surface area contributed by atoms with Gasteiger partial charge in [0.05, 0.1) is 23.2 Å². The van der Waals surface area contributed by atoms with Gasteiger partial charge in [-0.2, -0.15) is 0 Å². The fourth-order valence-electron chi connectivity index (χ4n) is 3.10. The molecule has 2 N–H and O–H groups in total. The molecule has 0 spiro atoms. The Labute approximate surface area is 188 Å². The lowest BCUT2D eigenvalue weighted by atomic mass is 10.1. The van der Waals surface area contributed by atoms with Crippen LogP contribution in [0.2, 0.25) is 5.02 Å². The minimum Gasteiger partial charge on any atom is -0.352 e. The molecule has 2 amide bonds. The molecule has 9 heteroatoms. The quantitative estimate of drug-likeness (QED) is 0.547. The second-order valence-electron chi connectivity index (χ2n) is 7.31. The van der Waals surface area contributed by atoms with Crippen LogP contribution >= 0.6 is 11.6 Å². The third-order valence-corrected chi connectivity index (χ3v) is 6.21. The zero-order valence-corrected chi connectivity index (χ0v) is 19.7. The number of carbonyl (C=O) groups is 2. The molecule has 0 fully saturated rings. The molecular formula is C22H28ClN3O4S. The first kappa shape index (κ1) is 24.7. The third kappa shape index (κ3) is 6.45. The molecule has 2 aromatic carbocycles. The Hall–Kier alpha value is -2.58. The number of benzene rings is 2. The largest absolute Gasteiger partial charge is 0.352 e. The fraction of sp³-hybridized carbons (Fsp3) is 0.364. The predicted molar refractivity (Wildman–Crippen MR) is 125 cm³/mol. The zero-order chi connectivity index (χ0) is 23.2. The molecule has 0 unspecified atom stereocenters. The molecule has 0 bridgehead atoms. The SMILES string of the molecule is CCCCNC(=O)c1ccccc1NC(=O)[C@@H](C)N(c1cc(Cl)ccc1C)S(C)(=O)=O. The second kappa shape index (κ2) is 10.6. The van der Waals surface area contributed by atoms with Crippen molar-refractivity contribution >= 4 is 44.8 Å². The summed E-state index contributed by atoms with van der Waals surface area (Å²) < 4.78 is 26.1. The maximum absolute atomic E-state index is 13.0. The lowest BCUT2D eigenvalue weighted by Crippen LogP contribution is -2.46. The van der Waals surface area contributed by atoms with E-state index < -0.39 is 22.0 Å². The number of amides is 2. The van der Waals surface area contributed by atoms with E-state index in [1.165, 1.54) is 13.0 Å². The summed E-state index contributed by atoms with van der Waals surface area (Å²) in [4.78, 5) is 25.5. The van der Waals surface area contributed by atoms with Crippen molar-refractivity contribution in [3.63, 3.8) is 0 Å². The molecular weight excluding hydrogens is 438 g/mol. The summed E-state index contributed by atoms with van der Waals surface area (Å²) in [6.07, 6.45) is 2.83. The number of halogens is 1. The first-order valence-electron chi connectivity index (χ1n) is 10.00. The Morgan fingerprint density at radius 2 is 1.84 bits per heavy atom. The smallest absolute Gasteiger partial charge is 0.253 e. The number of carbonyl (C=O) groups excluding carboxylic acids is 2. The van der Waals surface area contributed by atoms with Gasteiger partial charge in [0.15, 0.2) is 0 Å². The Kier molecular flexibility index (Phi) is 8.47. The van der Waals surface area contributed by atoms with Crippen LogP contribution in [-0.2, 0) is 14.8 Å². The molecule has 0 saturated carbocycles. The average molecular weight is 466 g/mol. The number of nitrogens with zero attached hydrogens (tertiary/aromatic N) is 1. The molecule has 2 aromatic rings. The molecule has 168 valence electrons. The minimum atomic E-state index is -3.80. The molecule has 0 aliphatic heterocycles. The predicted octanol–water partition coefficient (Wildman–Crippen LogP) is 3.97. The van der Waals surface area contributed by atoms with Gasteiger partial charge in [-0.3, -0.25) is 13.9 Å². The van der Waals surface area contributed by atoms with Crippen molar-refractivity contribution in [2.45, 2.75) is 39.7 Å². The van der Waals surface area contributed by atoms with Gasteiger partial charge >= 0.3 is 0 Å². The zero-order valence-electron chi connectivity index (χ0n) is 18.1. The van der Waals surface area contributed by atoms with Gasteiger partial charge < -0.3 is 10.6 Å². The summed E-state index contributed by atoms with van der Waals surface area (Å²) in [7, 11) is -3.80. The van der Waals surface area contributed by atoms with E-state index in [0.29, 0.717) is 34.1 Å². The first-order chi connectivity index (χ1) is 14.6. The van der Waals surface area contributed by atoms with Crippen molar-refractivity contribution in [2.75, 3.05) is 22.4 Å². The highest BCUT2D eigenvalue weighted by Crippen LogP contribution is 2.28. The van der Waals surface area contributed by atoms with Crippen LogP contribution in [0.15, 0.2) is 42.5 Å². The fourth-order valence-corrected chi connectivity index (χ4v) is 4.49. The van der Waals surface area contributed by atoms with Crippen LogP contribution in [-0.4, -0.2) is 39.1 Å². The summed E-state index contributed by atoms with van der Waals surface area (Å²) in [6.45, 7) is 5.78. The van der Waals surface area contributed by atoms with Crippen LogP contribution in [0, 0.1) is 6.92 Å².